The van der Waals surface area contributed by atoms with Crippen LogP contribution in [0.1, 0.15) is 18.4 Å². The first-order chi connectivity index (χ1) is 11.8. The minimum atomic E-state index is -4.44. The number of hydrogen-bond donors (Lipinski definition) is 1. The summed E-state index contributed by atoms with van der Waals surface area (Å²) in [5.74, 6) is 0.0325. The van der Waals surface area contributed by atoms with Crippen LogP contribution in [0.4, 0.5) is 18.9 Å². The van der Waals surface area contributed by atoms with Gasteiger partial charge in [-0.25, -0.2) is 0 Å². The topological polar surface area (TPSA) is 52.7 Å². The minimum Gasteiger partial charge on any atom is -0.340 e. The molecule has 2 aliphatic rings. The van der Waals surface area contributed by atoms with Gasteiger partial charge < -0.3 is 10.2 Å². The van der Waals surface area contributed by atoms with Gasteiger partial charge in [-0.05, 0) is 31.0 Å². The molecule has 5 nitrogen and oxygen atoms in total. The zero-order chi connectivity index (χ0) is 18.0. The fourth-order valence-corrected chi connectivity index (χ4v) is 2.89. The van der Waals surface area contributed by atoms with Crippen molar-refractivity contribution in [2.75, 3.05) is 38.0 Å². The Balaban J connectivity index is 1.48. The maximum absolute atomic E-state index is 12.7. The van der Waals surface area contributed by atoms with Crippen molar-refractivity contribution in [1.82, 2.24) is 9.80 Å². The van der Waals surface area contributed by atoms with Crippen LogP contribution in [0.2, 0.25) is 0 Å². The molecule has 1 aliphatic heterocycles. The highest BCUT2D eigenvalue weighted by atomic mass is 19.4. The summed E-state index contributed by atoms with van der Waals surface area (Å²) in [6.45, 7) is 2.46. The van der Waals surface area contributed by atoms with Crippen LogP contribution < -0.4 is 5.32 Å². The van der Waals surface area contributed by atoms with Crippen molar-refractivity contribution in [3.8, 4) is 0 Å². The molecular weight excluding hydrogens is 335 g/mol. The van der Waals surface area contributed by atoms with Gasteiger partial charge in [0.1, 0.15) is 0 Å². The summed E-state index contributed by atoms with van der Waals surface area (Å²) < 4.78 is 38.1. The molecule has 25 heavy (non-hydrogen) atoms. The lowest BCUT2D eigenvalue weighted by Crippen LogP contribution is -2.50. The largest absolute Gasteiger partial charge is 0.416 e. The molecule has 1 aromatic rings. The van der Waals surface area contributed by atoms with Crippen molar-refractivity contribution in [2.45, 2.75) is 19.0 Å². The zero-order valence-corrected chi connectivity index (χ0v) is 13.7. The second kappa shape index (κ2) is 7.03. The van der Waals surface area contributed by atoms with E-state index in [0.717, 1.165) is 25.0 Å². The first-order valence-electron chi connectivity index (χ1n) is 8.31. The SMILES string of the molecule is O=C(CN1CCN(C(=O)C2CC2)CC1)Nc1cccc(C(F)(F)F)c1. The Morgan fingerprint density at radius 1 is 1.12 bits per heavy atom. The van der Waals surface area contributed by atoms with Crippen molar-refractivity contribution in [3.63, 3.8) is 0 Å². The third kappa shape index (κ3) is 4.72. The van der Waals surface area contributed by atoms with Crippen LogP contribution in [0.3, 0.4) is 0 Å². The molecule has 2 amide bonds. The van der Waals surface area contributed by atoms with Crippen molar-refractivity contribution in [3.05, 3.63) is 29.8 Å². The second-order valence-corrected chi connectivity index (χ2v) is 6.50. The van der Waals surface area contributed by atoms with Crippen molar-refractivity contribution in [2.24, 2.45) is 5.92 Å². The Morgan fingerprint density at radius 2 is 1.80 bits per heavy atom. The van der Waals surface area contributed by atoms with E-state index in [2.05, 4.69) is 5.32 Å². The lowest BCUT2D eigenvalue weighted by atomic mass is 10.2. The molecule has 1 heterocycles. The van der Waals surface area contributed by atoms with E-state index in [1.54, 1.807) is 0 Å². The smallest absolute Gasteiger partial charge is 0.340 e. The Morgan fingerprint density at radius 3 is 2.40 bits per heavy atom. The first-order valence-corrected chi connectivity index (χ1v) is 8.31. The predicted octanol–water partition coefficient (Wildman–Crippen LogP) is 2.20. The summed E-state index contributed by atoms with van der Waals surface area (Å²) in [7, 11) is 0. The van der Waals surface area contributed by atoms with E-state index in [1.165, 1.54) is 12.1 Å². The Kier molecular flexibility index (Phi) is 4.99. The van der Waals surface area contributed by atoms with Crippen molar-refractivity contribution >= 4 is 17.5 Å². The van der Waals surface area contributed by atoms with E-state index < -0.39 is 11.7 Å². The Labute approximate surface area is 143 Å². The molecule has 0 bridgehead atoms. The molecule has 0 unspecified atom stereocenters. The summed E-state index contributed by atoms with van der Waals surface area (Å²) in [6.07, 6.45) is -2.50. The molecule has 1 N–H and O–H groups in total. The van der Waals surface area contributed by atoms with Crippen molar-refractivity contribution < 1.29 is 22.8 Å². The van der Waals surface area contributed by atoms with E-state index >= 15 is 0 Å². The number of nitrogens with zero attached hydrogens (tertiary/aromatic N) is 2. The monoisotopic (exact) mass is 355 g/mol. The van der Waals surface area contributed by atoms with Gasteiger partial charge in [0.05, 0.1) is 12.1 Å². The molecule has 1 aliphatic carbocycles. The number of piperazine rings is 1. The molecular formula is C17H20F3N3O2. The number of carbonyl (C=O) groups excluding carboxylic acids is 2. The fraction of sp³-hybridized carbons (Fsp3) is 0.529. The lowest BCUT2D eigenvalue weighted by Gasteiger charge is -2.34. The highest BCUT2D eigenvalue weighted by Gasteiger charge is 2.34. The number of anilines is 1. The molecule has 0 radical (unpaired) electrons. The van der Waals surface area contributed by atoms with Gasteiger partial charge >= 0.3 is 6.18 Å². The van der Waals surface area contributed by atoms with Gasteiger partial charge in [0.25, 0.3) is 0 Å². The number of alkyl halides is 3. The van der Waals surface area contributed by atoms with Crippen LogP contribution in [0.15, 0.2) is 24.3 Å². The summed E-state index contributed by atoms with van der Waals surface area (Å²) in [6, 6.07) is 4.58. The summed E-state index contributed by atoms with van der Waals surface area (Å²) in [4.78, 5) is 27.8. The molecule has 0 atom stereocenters. The molecule has 1 saturated carbocycles. The lowest BCUT2D eigenvalue weighted by molar-refractivity contribution is -0.137. The maximum atomic E-state index is 12.7. The number of amides is 2. The molecule has 136 valence electrons. The van der Waals surface area contributed by atoms with Crippen LogP contribution in [0.5, 0.6) is 0 Å². The fourth-order valence-electron chi connectivity index (χ4n) is 2.89. The van der Waals surface area contributed by atoms with Gasteiger partial charge in [0.2, 0.25) is 11.8 Å². The van der Waals surface area contributed by atoms with Gasteiger partial charge in [0, 0.05) is 37.8 Å². The van der Waals surface area contributed by atoms with Gasteiger partial charge in [-0.3, -0.25) is 14.5 Å². The average molecular weight is 355 g/mol. The van der Waals surface area contributed by atoms with E-state index in [4.69, 9.17) is 0 Å². The van der Waals surface area contributed by atoms with Crippen LogP contribution in [-0.4, -0.2) is 54.3 Å². The third-order valence-corrected chi connectivity index (χ3v) is 4.45. The van der Waals surface area contributed by atoms with Crippen LogP contribution in [-0.2, 0) is 15.8 Å². The summed E-state index contributed by atoms with van der Waals surface area (Å²) in [5, 5.41) is 2.50. The molecule has 1 aromatic carbocycles. The molecule has 0 aromatic heterocycles. The standard InChI is InChI=1S/C17H20F3N3O2/c18-17(19,20)13-2-1-3-14(10-13)21-15(24)11-22-6-8-23(9-7-22)16(25)12-4-5-12/h1-3,10,12H,4-9,11H2,(H,21,24). The molecule has 0 spiro atoms. The average Bonchev–Trinajstić information content (AvgIpc) is 3.39. The van der Waals surface area contributed by atoms with E-state index in [1.807, 2.05) is 9.80 Å². The van der Waals surface area contributed by atoms with Gasteiger partial charge in [-0.2, -0.15) is 13.2 Å². The van der Waals surface area contributed by atoms with E-state index in [9.17, 15) is 22.8 Å². The molecule has 1 saturated heterocycles. The zero-order valence-electron chi connectivity index (χ0n) is 13.7. The number of carbonyl (C=O) groups is 2. The molecule has 8 heteroatoms. The number of benzene rings is 1. The Bertz CT molecular complexity index is 651. The molecule has 3 rings (SSSR count). The number of hydrogen-bond acceptors (Lipinski definition) is 3. The van der Waals surface area contributed by atoms with Gasteiger partial charge in [-0.1, -0.05) is 6.07 Å². The number of halogens is 3. The van der Waals surface area contributed by atoms with E-state index in [0.29, 0.717) is 26.2 Å². The van der Waals surface area contributed by atoms with E-state index in [-0.39, 0.29) is 30.0 Å². The predicted molar refractivity (Wildman–Crippen MR) is 85.8 cm³/mol. The van der Waals surface area contributed by atoms with Gasteiger partial charge in [-0.15, -0.1) is 0 Å². The maximum Gasteiger partial charge on any atom is 0.416 e. The third-order valence-electron chi connectivity index (χ3n) is 4.45. The Hall–Kier alpha value is -2.09. The minimum absolute atomic E-state index is 0.0989. The van der Waals surface area contributed by atoms with Crippen LogP contribution in [0, 0.1) is 5.92 Å². The normalized spacial score (nSPS) is 18.9. The molecule has 2 fully saturated rings. The second-order valence-electron chi connectivity index (χ2n) is 6.50. The summed E-state index contributed by atoms with van der Waals surface area (Å²) in [5.41, 5.74) is -0.667. The van der Waals surface area contributed by atoms with Gasteiger partial charge in [0.15, 0.2) is 0 Å². The highest BCUT2D eigenvalue weighted by Crippen LogP contribution is 2.31. The van der Waals surface area contributed by atoms with Crippen LogP contribution >= 0.6 is 0 Å². The number of rotatable bonds is 4. The van der Waals surface area contributed by atoms with Crippen LogP contribution in [0.25, 0.3) is 0 Å². The van der Waals surface area contributed by atoms with Crippen molar-refractivity contribution in [1.29, 1.82) is 0 Å². The number of nitrogens with one attached hydrogen (secondary N) is 1. The summed E-state index contributed by atoms with van der Waals surface area (Å²) >= 11 is 0. The quantitative estimate of drug-likeness (QED) is 0.901. The first kappa shape index (κ1) is 17.7. The highest BCUT2D eigenvalue weighted by molar-refractivity contribution is 5.92.